The number of ketones is 1. The minimum Gasteiger partial charge on any atom is -0.325 e. The number of carbonyl (C=O) groups excluding carboxylic acids is 2. The molecule has 1 aromatic rings. The van der Waals surface area contributed by atoms with Gasteiger partial charge >= 0.3 is 0 Å². The predicted molar refractivity (Wildman–Crippen MR) is 74.7 cm³/mol. The first-order chi connectivity index (χ1) is 8.99. The Morgan fingerprint density at radius 3 is 2.68 bits per heavy atom. The first kappa shape index (κ1) is 12.7. The Morgan fingerprint density at radius 1 is 1.32 bits per heavy atom. The van der Waals surface area contributed by atoms with Gasteiger partial charge in [0.05, 0.1) is 11.4 Å². The monoisotopic (exact) mass is 277 g/mol. The van der Waals surface area contributed by atoms with Crippen LogP contribution >= 0.6 is 11.6 Å². The van der Waals surface area contributed by atoms with Gasteiger partial charge in [-0.2, -0.15) is 0 Å². The van der Waals surface area contributed by atoms with E-state index in [9.17, 15) is 9.59 Å². The van der Waals surface area contributed by atoms with Crippen LogP contribution in [-0.4, -0.2) is 11.7 Å². The molecule has 100 valence electrons. The zero-order valence-corrected chi connectivity index (χ0v) is 11.6. The van der Waals surface area contributed by atoms with Crippen LogP contribution in [0.1, 0.15) is 48.5 Å². The second kappa shape index (κ2) is 4.34. The third-order valence-corrected chi connectivity index (χ3v) is 4.63. The number of hydrogen-bond acceptors (Lipinski definition) is 2. The summed E-state index contributed by atoms with van der Waals surface area (Å²) >= 11 is 6.22. The minimum atomic E-state index is -0.284. The number of benzene rings is 1. The van der Waals surface area contributed by atoms with E-state index in [-0.39, 0.29) is 17.1 Å². The van der Waals surface area contributed by atoms with Crippen molar-refractivity contribution in [3.8, 4) is 0 Å². The fraction of sp³-hybridized carbons (Fsp3) is 0.467. The zero-order chi connectivity index (χ0) is 13.6. The Hall–Kier alpha value is -1.35. The summed E-state index contributed by atoms with van der Waals surface area (Å²) in [6, 6.07) is 3.49. The number of nitrogens with one attached hydrogen (secondary N) is 1. The van der Waals surface area contributed by atoms with Gasteiger partial charge in [0.15, 0.2) is 5.78 Å². The smallest absolute Gasteiger partial charge is 0.228 e. The van der Waals surface area contributed by atoms with Gasteiger partial charge in [0.1, 0.15) is 0 Å². The molecule has 1 saturated carbocycles. The van der Waals surface area contributed by atoms with Crippen LogP contribution in [0.15, 0.2) is 12.1 Å². The Kier molecular flexibility index (Phi) is 2.90. The fourth-order valence-electron chi connectivity index (χ4n) is 3.13. The van der Waals surface area contributed by atoms with Gasteiger partial charge in [-0.25, -0.2) is 0 Å². The van der Waals surface area contributed by atoms with Crippen LogP contribution in [0, 0.1) is 5.41 Å². The number of amides is 1. The molecule has 1 aliphatic carbocycles. The van der Waals surface area contributed by atoms with Crippen LogP contribution in [0.3, 0.4) is 0 Å². The normalized spacial score (nSPS) is 20.2. The van der Waals surface area contributed by atoms with Crippen molar-refractivity contribution in [2.75, 3.05) is 5.32 Å². The quantitative estimate of drug-likeness (QED) is 0.840. The molecule has 0 radical (unpaired) electrons. The van der Waals surface area contributed by atoms with Gasteiger partial charge in [0, 0.05) is 16.7 Å². The molecule has 1 aromatic carbocycles. The number of hydrogen-bond donors (Lipinski definition) is 1. The van der Waals surface area contributed by atoms with E-state index in [1.54, 1.807) is 12.1 Å². The summed E-state index contributed by atoms with van der Waals surface area (Å²) in [5, 5.41) is 3.19. The van der Waals surface area contributed by atoms with Crippen LogP contribution in [0.2, 0.25) is 5.02 Å². The van der Waals surface area contributed by atoms with E-state index in [1.165, 1.54) is 0 Å². The molecule has 0 spiro atoms. The molecule has 1 amide bonds. The summed E-state index contributed by atoms with van der Waals surface area (Å²) in [6.45, 7) is 2.02. The maximum atomic E-state index is 12.7. The van der Waals surface area contributed by atoms with Crippen molar-refractivity contribution in [1.29, 1.82) is 0 Å². The molecule has 1 heterocycles. The number of carbonyl (C=O) groups is 2. The number of Topliss-reactive ketones (excluding diaryl/α,β-unsaturated/α-hetero) is 1. The molecule has 1 N–H and O–H groups in total. The van der Waals surface area contributed by atoms with E-state index in [0.717, 1.165) is 36.9 Å². The van der Waals surface area contributed by atoms with Gasteiger partial charge in [-0.15, -0.1) is 0 Å². The minimum absolute atomic E-state index is 0.0391. The predicted octanol–water partition coefficient (Wildman–Crippen LogP) is 3.60. The van der Waals surface area contributed by atoms with E-state index >= 15 is 0 Å². The highest BCUT2D eigenvalue weighted by molar-refractivity contribution is 6.34. The van der Waals surface area contributed by atoms with Crippen LogP contribution in [0.5, 0.6) is 0 Å². The van der Waals surface area contributed by atoms with E-state index in [4.69, 9.17) is 11.6 Å². The summed E-state index contributed by atoms with van der Waals surface area (Å²) in [5.41, 5.74) is 1.90. The molecule has 0 saturated heterocycles. The lowest BCUT2D eigenvalue weighted by atomic mass is 9.80. The Balaban J connectivity index is 2.00. The molecule has 4 heteroatoms. The second-order valence-electron chi connectivity index (χ2n) is 5.81. The van der Waals surface area contributed by atoms with Crippen molar-refractivity contribution in [1.82, 2.24) is 0 Å². The molecule has 2 aliphatic rings. The van der Waals surface area contributed by atoms with Crippen LogP contribution < -0.4 is 5.32 Å². The maximum absolute atomic E-state index is 12.7. The number of halogens is 1. The van der Waals surface area contributed by atoms with E-state index < -0.39 is 0 Å². The van der Waals surface area contributed by atoms with Crippen molar-refractivity contribution >= 4 is 29.0 Å². The van der Waals surface area contributed by atoms with E-state index in [2.05, 4.69) is 5.32 Å². The van der Waals surface area contributed by atoms with Crippen molar-refractivity contribution in [2.45, 2.75) is 39.0 Å². The topological polar surface area (TPSA) is 46.2 Å². The molecule has 3 rings (SSSR count). The van der Waals surface area contributed by atoms with Gasteiger partial charge in [0.2, 0.25) is 5.91 Å². The molecular formula is C15H16ClNO2. The molecule has 1 aliphatic heterocycles. The Labute approximate surface area is 117 Å². The highest BCUT2D eigenvalue weighted by Crippen LogP contribution is 2.42. The summed E-state index contributed by atoms with van der Waals surface area (Å²) in [4.78, 5) is 24.1. The molecule has 0 bridgehead atoms. The van der Waals surface area contributed by atoms with Crippen LogP contribution in [0.25, 0.3) is 0 Å². The third kappa shape index (κ3) is 2.06. The molecule has 0 aromatic heterocycles. The van der Waals surface area contributed by atoms with Crippen molar-refractivity contribution in [2.24, 2.45) is 5.41 Å². The first-order valence-electron chi connectivity index (χ1n) is 6.67. The number of anilines is 1. The lowest BCUT2D eigenvalue weighted by molar-refractivity contribution is -0.115. The second-order valence-corrected chi connectivity index (χ2v) is 6.22. The van der Waals surface area contributed by atoms with Crippen molar-refractivity contribution < 1.29 is 9.59 Å². The summed E-state index contributed by atoms with van der Waals surface area (Å²) in [5.74, 6) is 0.0832. The van der Waals surface area contributed by atoms with Gasteiger partial charge < -0.3 is 5.32 Å². The molecule has 1 fully saturated rings. The largest absolute Gasteiger partial charge is 0.325 e. The molecule has 0 atom stereocenters. The SMILES string of the molecule is CC1(C(=O)c2cc3c(cc2Cl)NC(=O)C3)CCCC1. The standard InChI is InChI=1S/C15H16ClNO2/c1-15(4-2-3-5-15)14(19)10-6-9-7-13(18)17-12(9)8-11(10)16/h6,8H,2-5,7H2,1H3,(H,17,18). The lowest BCUT2D eigenvalue weighted by Gasteiger charge is -2.22. The highest BCUT2D eigenvalue weighted by atomic mass is 35.5. The van der Waals surface area contributed by atoms with Crippen molar-refractivity contribution in [3.05, 3.63) is 28.3 Å². The van der Waals surface area contributed by atoms with E-state index in [1.807, 2.05) is 6.92 Å². The number of fused-ring (bicyclic) bond motifs is 1. The third-order valence-electron chi connectivity index (χ3n) is 4.32. The first-order valence-corrected chi connectivity index (χ1v) is 7.04. The summed E-state index contributed by atoms with van der Waals surface area (Å²) in [6.07, 6.45) is 4.39. The summed E-state index contributed by atoms with van der Waals surface area (Å²) < 4.78 is 0. The van der Waals surface area contributed by atoms with Gasteiger partial charge in [-0.3, -0.25) is 9.59 Å². The van der Waals surface area contributed by atoms with E-state index in [0.29, 0.717) is 17.0 Å². The zero-order valence-electron chi connectivity index (χ0n) is 10.9. The highest BCUT2D eigenvalue weighted by Gasteiger charge is 2.38. The van der Waals surface area contributed by atoms with Crippen LogP contribution in [0.4, 0.5) is 5.69 Å². The molecular weight excluding hydrogens is 262 g/mol. The Morgan fingerprint density at radius 2 is 2.00 bits per heavy atom. The van der Waals surface area contributed by atoms with Gasteiger partial charge in [-0.1, -0.05) is 31.4 Å². The molecule has 0 unspecified atom stereocenters. The summed E-state index contributed by atoms with van der Waals surface area (Å²) in [7, 11) is 0. The Bertz CT molecular complexity index is 574. The fourth-order valence-corrected chi connectivity index (χ4v) is 3.38. The van der Waals surface area contributed by atoms with Crippen LogP contribution in [-0.2, 0) is 11.2 Å². The molecule has 3 nitrogen and oxygen atoms in total. The lowest BCUT2D eigenvalue weighted by Crippen LogP contribution is -2.24. The number of rotatable bonds is 2. The van der Waals surface area contributed by atoms with Gasteiger partial charge in [-0.05, 0) is 30.5 Å². The van der Waals surface area contributed by atoms with Crippen molar-refractivity contribution in [3.63, 3.8) is 0 Å². The van der Waals surface area contributed by atoms with Gasteiger partial charge in [0.25, 0.3) is 0 Å². The average Bonchev–Trinajstić information content (AvgIpc) is 2.93. The average molecular weight is 278 g/mol. The molecule has 19 heavy (non-hydrogen) atoms. The maximum Gasteiger partial charge on any atom is 0.228 e.